The van der Waals surface area contributed by atoms with Gasteiger partial charge in [-0.1, -0.05) is 33.3 Å². The van der Waals surface area contributed by atoms with Gasteiger partial charge in [-0.15, -0.1) is 0 Å². The van der Waals surface area contributed by atoms with Crippen LogP contribution in [-0.2, 0) is 16.1 Å². The van der Waals surface area contributed by atoms with Gasteiger partial charge in [-0.05, 0) is 24.5 Å². The highest BCUT2D eigenvalue weighted by Gasteiger charge is 2.25. The lowest BCUT2D eigenvalue weighted by molar-refractivity contribution is -0.121. The first kappa shape index (κ1) is 22.9. The Hall–Kier alpha value is -3.43. The first-order valence-corrected chi connectivity index (χ1v) is 9.77. The minimum Gasteiger partial charge on any atom is -0.451 e. The Kier molecular flexibility index (Phi) is 7.90. The Bertz CT molecular complexity index is 997. The van der Waals surface area contributed by atoms with Crippen molar-refractivity contribution in [3.8, 4) is 0 Å². The van der Waals surface area contributed by atoms with Crippen LogP contribution in [0.2, 0.25) is 0 Å². The summed E-state index contributed by atoms with van der Waals surface area (Å²) in [7, 11) is 0. The van der Waals surface area contributed by atoms with Crippen LogP contribution in [0.3, 0.4) is 0 Å². The number of unbranched alkanes of at least 4 members (excludes halogenated alkanes) is 1. The van der Waals surface area contributed by atoms with Crippen molar-refractivity contribution in [2.45, 2.75) is 40.2 Å². The fourth-order valence-electron chi connectivity index (χ4n) is 2.82. The summed E-state index contributed by atoms with van der Waals surface area (Å²) in [6.45, 7) is 5.59. The van der Waals surface area contributed by atoms with E-state index in [0.29, 0.717) is 6.42 Å². The van der Waals surface area contributed by atoms with Gasteiger partial charge in [0, 0.05) is 19.3 Å². The molecule has 3 N–H and O–H groups in total. The molecule has 2 aromatic heterocycles. The Morgan fingerprint density at radius 3 is 2.63 bits per heavy atom. The van der Waals surface area contributed by atoms with Crippen molar-refractivity contribution in [3.05, 3.63) is 50.9 Å². The molecule has 10 nitrogen and oxygen atoms in total. The van der Waals surface area contributed by atoms with Crippen LogP contribution in [0.25, 0.3) is 0 Å². The summed E-state index contributed by atoms with van der Waals surface area (Å²) < 4.78 is 6.29. The molecule has 10 heteroatoms. The second-order valence-electron chi connectivity index (χ2n) is 7.19. The van der Waals surface area contributed by atoms with Crippen LogP contribution in [-0.4, -0.2) is 39.6 Å². The van der Waals surface area contributed by atoms with E-state index >= 15 is 0 Å². The number of esters is 1. The lowest BCUT2D eigenvalue weighted by Crippen LogP contribution is -2.43. The van der Waals surface area contributed by atoms with E-state index in [4.69, 9.17) is 10.5 Å². The Labute approximate surface area is 173 Å². The minimum absolute atomic E-state index is 0.0632. The van der Waals surface area contributed by atoms with E-state index in [0.717, 1.165) is 6.42 Å². The topological polar surface area (TPSA) is 140 Å². The van der Waals surface area contributed by atoms with Gasteiger partial charge in [0.15, 0.2) is 12.3 Å². The second-order valence-corrected chi connectivity index (χ2v) is 7.19. The number of carbonyl (C=O) groups excluding carboxylic acids is 2. The third kappa shape index (κ3) is 5.56. The predicted octanol–water partition coefficient (Wildman–Crippen LogP) is 1.16. The highest BCUT2D eigenvalue weighted by atomic mass is 16.5. The van der Waals surface area contributed by atoms with Gasteiger partial charge < -0.3 is 15.4 Å². The molecule has 1 amide bonds. The summed E-state index contributed by atoms with van der Waals surface area (Å²) in [6, 6.07) is 4.74. The second kappa shape index (κ2) is 10.4. The standard InChI is InChI=1S/C20H27N5O5/c1-4-5-10-24(15(26)12-30-19(28)14-8-6-7-9-22-14)16-17(21)25(11-13(2)3)20(29)23-18(16)27/h6-9,13H,4-5,10-12,21H2,1-3H3,(H,23,27,29). The largest absolute Gasteiger partial charge is 0.451 e. The minimum atomic E-state index is -0.766. The first-order valence-electron chi connectivity index (χ1n) is 9.77. The smallest absolute Gasteiger partial charge is 0.357 e. The van der Waals surface area contributed by atoms with Crippen LogP contribution in [0.5, 0.6) is 0 Å². The number of nitrogens with zero attached hydrogens (tertiary/aromatic N) is 3. The van der Waals surface area contributed by atoms with E-state index in [1.807, 2.05) is 20.8 Å². The molecular weight excluding hydrogens is 390 g/mol. The zero-order chi connectivity index (χ0) is 22.3. The zero-order valence-corrected chi connectivity index (χ0v) is 17.4. The summed E-state index contributed by atoms with van der Waals surface area (Å²) in [4.78, 5) is 56.9. The SMILES string of the molecule is CCCCN(C(=O)COC(=O)c1ccccn1)c1c(N)n(CC(C)C)c(=O)[nH]c1=O. The number of nitrogens with two attached hydrogens (primary N) is 1. The molecule has 0 bridgehead atoms. The number of aromatic nitrogens is 3. The van der Waals surface area contributed by atoms with Crippen molar-refractivity contribution in [3.63, 3.8) is 0 Å². The van der Waals surface area contributed by atoms with Crippen LogP contribution in [0.4, 0.5) is 11.5 Å². The highest BCUT2D eigenvalue weighted by molar-refractivity contribution is 5.98. The highest BCUT2D eigenvalue weighted by Crippen LogP contribution is 2.19. The number of aromatic amines is 1. The fourth-order valence-corrected chi connectivity index (χ4v) is 2.82. The molecule has 0 aliphatic heterocycles. The van der Waals surface area contributed by atoms with E-state index in [-0.39, 0.29) is 36.2 Å². The maximum Gasteiger partial charge on any atom is 0.357 e. The molecule has 0 atom stereocenters. The van der Waals surface area contributed by atoms with Crippen LogP contribution in [0.15, 0.2) is 34.0 Å². The van der Waals surface area contributed by atoms with Gasteiger partial charge in [-0.3, -0.25) is 19.1 Å². The monoisotopic (exact) mass is 417 g/mol. The molecular formula is C20H27N5O5. The zero-order valence-electron chi connectivity index (χ0n) is 17.4. The summed E-state index contributed by atoms with van der Waals surface area (Å²) in [5.74, 6) is -1.40. The number of carbonyl (C=O) groups is 2. The van der Waals surface area contributed by atoms with Crippen LogP contribution in [0, 0.1) is 5.92 Å². The number of anilines is 2. The average molecular weight is 417 g/mol. The molecule has 2 aromatic rings. The van der Waals surface area contributed by atoms with Crippen LogP contribution in [0.1, 0.15) is 44.1 Å². The van der Waals surface area contributed by atoms with Gasteiger partial charge >= 0.3 is 11.7 Å². The number of amides is 1. The molecule has 0 fully saturated rings. The molecule has 0 unspecified atom stereocenters. The molecule has 0 radical (unpaired) electrons. The molecule has 0 aliphatic carbocycles. The van der Waals surface area contributed by atoms with Crippen LogP contribution < -0.4 is 21.9 Å². The van der Waals surface area contributed by atoms with Crippen LogP contribution >= 0.6 is 0 Å². The third-order valence-electron chi connectivity index (χ3n) is 4.27. The predicted molar refractivity (Wildman–Crippen MR) is 112 cm³/mol. The molecule has 0 aliphatic rings. The van der Waals surface area contributed by atoms with E-state index in [1.165, 1.54) is 21.7 Å². The summed E-state index contributed by atoms with van der Waals surface area (Å²) >= 11 is 0. The molecule has 0 saturated heterocycles. The van der Waals surface area contributed by atoms with Gasteiger partial charge in [-0.25, -0.2) is 14.6 Å². The quantitative estimate of drug-likeness (QED) is 0.583. The number of rotatable bonds is 9. The van der Waals surface area contributed by atoms with Crippen molar-refractivity contribution in [2.75, 3.05) is 23.8 Å². The van der Waals surface area contributed by atoms with E-state index in [1.54, 1.807) is 12.1 Å². The van der Waals surface area contributed by atoms with Crippen molar-refractivity contribution in [1.82, 2.24) is 14.5 Å². The van der Waals surface area contributed by atoms with Gasteiger partial charge in [0.2, 0.25) is 0 Å². The van der Waals surface area contributed by atoms with E-state index < -0.39 is 29.7 Å². The van der Waals surface area contributed by atoms with Gasteiger partial charge in [-0.2, -0.15) is 0 Å². The number of ether oxygens (including phenoxy) is 1. The lowest BCUT2D eigenvalue weighted by atomic mass is 10.2. The number of nitrogen functional groups attached to an aromatic ring is 1. The summed E-state index contributed by atoms with van der Waals surface area (Å²) in [5.41, 5.74) is 4.66. The number of hydrogen-bond acceptors (Lipinski definition) is 7. The maximum absolute atomic E-state index is 12.8. The molecule has 0 aromatic carbocycles. The molecule has 30 heavy (non-hydrogen) atoms. The third-order valence-corrected chi connectivity index (χ3v) is 4.27. The fraction of sp³-hybridized carbons (Fsp3) is 0.450. The normalized spacial score (nSPS) is 10.8. The summed E-state index contributed by atoms with van der Waals surface area (Å²) in [5, 5.41) is 0. The lowest BCUT2D eigenvalue weighted by Gasteiger charge is -2.24. The van der Waals surface area contributed by atoms with Crippen molar-refractivity contribution < 1.29 is 14.3 Å². The molecule has 0 spiro atoms. The van der Waals surface area contributed by atoms with Gasteiger partial charge in [0.1, 0.15) is 11.5 Å². The maximum atomic E-state index is 12.8. The Balaban J connectivity index is 2.33. The first-order chi connectivity index (χ1) is 14.3. The Morgan fingerprint density at radius 1 is 1.30 bits per heavy atom. The number of H-pyrrole nitrogens is 1. The molecule has 2 rings (SSSR count). The Morgan fingerprint density at radius 2 is 2.03 bits per heavy atom. The van der Waals surface area contributed by atoms with E-state index in [9.17, 15) is 19.2 Å². The van der Waals surface area contributed by atoms with Crippen molar-refractivity contribution >= 4 is 23.4 Å². The molecule has 0 saturated carbocycles. The van der Waals surface area contributed by atoms with E-state index in [2.05, 4.69) is 9.97 Å². The number of nitrogens with one attached hydrogen (secondary N) is 1. The number of hydrogen-bond donors (Lipinski definition) is 2. The van der Waals surface area contributed by atoms with Crippen molar-refractivity contribution in [2.24, 2.45) is 5.92 Å². The van der Waals surface area contributed by atoms with Gasteiger partial charge in [0.25, 0.3) is 11.5 Å². The molecule has 162 valence electrons. The van der Waals surface area contributed by atoms with Crippen molar-refractivity contribution in [1.29, 1.82) is 0 Å². The number of pyridine rings is 1. The average Bonchev–Trinajstić information content (AvgIpc) is 2.71. The van der Waals surface area contributed by atoms with Gasteiger partial charge in [0.05, 0.1) is 0 Å². The molecule has 2 heterocycles. The summed E-state index contributed by atoms with van der Waals surface area (Å²) in [6.07, 6.45) is 2.77.